The molecule has 0 unspecified atom stereocenters. The van der Waals surface area contributed by atoms with Gasteiger partial charge in [-0.3, -0.25) is 19.3 Å². The van der Waals surface area contributed by atoms with Crippen molar-refractivity contribution in [1.82, 2.24) is 10.2 Å². The highest BCUT2D eigenvalue weighted by Crippen LogP contribution is 2.28. The van der Waals surface area contributed by atoms with Gasteiger partial charge in [-0.1, -0.05) is 48.5 Å². The second kappa shape index (κ2) is 8.57. The predicted molar refractivity (Wildman–Crippen MR) is 110 cm³/mol. The van der Waals surface area contributed by atoms with Crippen LogP contribution in [0.4, 0.5) is 5.69 Å². The summed E-state index contributed by atoms with van der Waals surface area (Å²) in [5.41, 5.74) is 1.70. The van der Waals surface area contributed by atoms with Gasteiger partial charge in [-0.05, 0) is 43.6 Å². The van der Waals surface area contributed by atoms with E-state index in [0.717, 1.165) is 5.56 Å². The number of carbonyl (C=O) groups excluding carboxylic acids is 3. The van der Waals surface area contributed by atoms with E-state index in [1.165, 1.54) is 4.90 Å². The Morgan fingerprint density at radius 1 is 0.931 bits per heavy atom. The number of para-hydroxylation sites is 1. The van der Waals surface area contributed by atoms with E-state index in [4.69, 9.17) is 0 Å². The number of nitrogens with zero attached hydrogens (tertiary/aromatic N) is 2. The average Bonchev–Trinajstić information content (AvgIpc) is 3.07. The van der Waals surface area contributed by atoms with Crippen LogP contribution in [0.15, 0.2) is 60.7 Å². The lowest BCUT2D eigenvalue weighted by atomic mass is 9.94. The van der Waals surface area contributed by atoms with Gasteiger partial charge in [-0.2, -0.15) is 0 Å². The number of anilines is 1. The molecule has 1 atom stereocenters. The minimum absolute atomic E-state index is 0.0487. The Bertz CT molecular complexity index is 877. The summed E-state index contributed by atoms with van der Waals surface area (Å²) in [7, 11) is 0. The molecule has 29 heavy (non-hydrogen) atoms. The molecule has 2 aromatic carbocycles. The Labute approximate surface area is 170 Å². The lowest BCUT2D eigenvalue weighted by molar-refractivity contribution is -0.127. The molecule has 0 spiro atoms. The third kappa shape index (κ3) is 4.22. The highest BCUT2D eigenvalue weighted by Gasteiger charge is 2.43. The molecule has 1 N–H and O–H groups in total. The van der Waals surface area contributed by atoms with Crippen molar-refractivity contribution < 1.29 is 14.4 Å². The van der Waals surface area contributed by atoms with Crippen LogP contribution in [-0.4, -0.2) is 41.8 Å². The minimum Gasteiger partial charge on any atom is -0.352 e. The van der Waals surface area contributed by atoms with Crippen LogP contribution < -0.4 is 10.2 Å². The average molecular weight is 391 g/mol. The highest BCUT2D eigenvalue weighted by atomic mass is 16.2. The molecule has 2 aliphatic rings. The molecule has 4 rings (SSSR count). The lowest BCUT2D eigenvalue weighted by Crippen LogP contribution is -2.48. The standard InChI is InChI=1S/C23H25N3O3/c27-21-15-20(23(29)26(21)19-9-5-2-6-10-19)25-13-11-18(12-14-25)22(28)24-16-17-7-3-1-4-8-17/h1-10,18,20H,11-16H2,(H,24,28)/t20-/m1/s1. The third-order valence-corrected chi connectivity index (χ3v) is 5.79. The first kappa shape index (κ1) is 19.3. The number of amides is 3. The number of piperidine rings is 1. The van der Waals surface area contributed by atoms with E-state index in [-0.39, 0.29) is 30.1 Å². The lowest BCUT2D eigenvalue weighted by Gasteiger charge is -2.34. The Morgan fingerprint density at radius 3 is 2.21 bits per heavy atom. The molecule has 6 nitrogen and oxygen atoms in total. The molecular formula is C23H25N3O3. The topological polar surface area (TPSA) is 69.7 Å². The first-order valence-electron chi connectivity index (χ1n) is 10.1. The first-order valence-corrected chi connectivity index (χ1v) is 10.1. The molecule has 0 aromatic heterocycles. The SMILES string of the molecule is O=C(NCc1ccccc1)C1CCN([C@@H]2CC(=O)N(c3ccccc3)C2=O)CC1. The summed E-state index contributed by atoms with van der Waals surface area (Å²) in [6.45, 7) is 1.83. The molecule has 2 saturated heterocycles. The number of benzene rings is 2. The molecule has 2 aromatic rings. The van der Waals surface area contributed by atoms with Crippen molar-refractivity contribution in [2.45, 2.75) is 31.8 Å². The van der Waals surface area contributed by atoms with Gasteiger partial charge in [0.25, 0.3) is 5.91 Å². The van der Waals surface area contributed by atoms with Crippen molar-refractivity contribution >= 4 is 23.4 Å². The molecule has 0 saturated carbocycles. The summed E-state index contributed by atoms with van der Waals surface area (Å²) >= 11 is 0. The van der Waals surface area contributed by atoms with Gasteiger partial charge in [0, 0.05) is 12.5 Å². The zero-order valence-electron chi connectivity index (χ0n) is 16.3. The van der Waals surface area contributed by atoms with Crippen molar-refractivity contribution in [3.05, 3.63) is 66.2 Å². The Morgan fingerprint density at radius 2 is 1.55 bits per heavy atom. The quantitative estimate of drug-likeness (QED) is 0.795. The largest absolute Gasteiger partial charge is 0.352 e. The number of nitrogens with one attached hydrogen (secondary N) is 1. The van der Waals surface area contributed by atoms with Gasteiger partial charge >= 0.3 is 0 Å². The van der Waals surface area contributed by atoms with Crippen LogP contribution in [0.25, 0.3) is 0 Å². The van der Waals surface area contributed by atoms with Crippen LogP contribution in [0.5, 0.6) is 0 Å². The van der Waals surface area contributed by atoms with Crippen LogP contribution in [0.3, 0.4) is 0 Å². The van der Waals surface area contributed by atoms with Crippen LogP contribution in [0, 0.1) is 5.92 Å². The number of carbonyl (C=O) groups is 3. The molecule has 0 aliphatic carbocycles. The van der Waals surface area contributed by atoms with Crippen molar-refractivity contribution in [3.8, 4) is 0 Å². The minimum atomic E-state index is -0.420. The summed E-state index contributed by atoms with van der Waals surface area (Å²) in [5, 5.41) is 3.01. The second-order valence-electron chi connectivity index (χ2n) is 7.64. The molecule has 150 valence electrons. The van der Waals surface area contributed by atoms with E-state index in [1.54, 1.807) is 12.1 Å². The fourth-order valence-corrected chi connectivity index (χ4v) is 4.15. The van der Waals surface area contributed by atoms with Gasteiger partial charge in [-0.25, -0.2) is 4.90 Å². The van der Waals surface area contributed by atoms with Crippen LogP contribution in [0.2, 0.25) is 0 Å². The van der Waals surface area contributed by atoms with Gasteiger partial charge in [-0.15, -0.1) is 0 Å². The summed E-state index contributed by atoms with van der Waals surface area (Å²) in [6, 6.07) is 18.5. The zero-order valence-corrected chi connectivity index (χ0v) is 16.3. The third-order valence-electron chi connectivity index (χ3n) is 5.79. The summed E-state index contributed by atoms with van der Waals surface area (Å²) in [6.07, 6.45) is 1.60. The predicted octanol–water partition coefficient (Wildman–Crippen LogP) is 2.35. The van der Waals surface area contributed by atoms with Crippen molar-refractivity contribution in [2.75, 3.05) is 18.0 Å². The molecular weight excluding hydrogens is 366 g/mol. The number of imide groups is 1. The molecule has 3 amide bonds. The maximum absolute atomic E-state index is 12.9. The summed E-state index contributed by atoms with van der Waals surface area (Å²) in [4.78, 5) is 41.2. The van der Waals surface area contributed by atoms with E-state index in [0.29, 0.717) is 38.2 Å². The number of likely N-dealkylation sites (tertiary alicyclic amines) is 1. The van der Waals surface area contributed by atoms with E-state index < -0.39 is 6.04 Å². The molecule has 2 fully saturated rings. The van der Waals surface area contributed by atoms with Gasteiger partial charge in [0.15, 0.2) is 0 Å². The van der Waals surface area contributed by atoms with E-state index in [9.17, 15) is 14.4 Å². The molecule has 6 heteroatoms. The molecule has 0 bridgehead atoms. The van der Waals surface area contributed by atoms with Crippen molar-refractivity contribution in [1.29, 1.82) is 0 Å². The van der Waals surface area contributed by atoms with Crippen LogP contribution >= 0.6 is 0 Å². The normalized spacial score (nSPS) is 20.8. The van der Waals surface area contributed by atoms with Crippen molar-refractivity contribution in [3.63, 3.8) is 0 Å². The maximum atomic E-state index is 12.9. The Balaban J connectivity index is 1.31. The Kier molecular flexibility index (Phi) is 5.71. The molecule has 2 aliphatic heterocycles. The number of hydrogen-bond donors (Lipinski definition) is 1. The van der Waals surface area contributed by atoms with Crippen LogP contribution in [-0.2, 0) is 20.9 Å². The second-order valence-corrected chi connectivity index (χ2v) is 7.64. The smallest absolute Gasteiger partial charge is 0.251 e. The monoisotopic (exact) mass is 391 g/mol. The fraction of sp³-hybridized carbons (Fsp3) is 0.348. The number of rotatable bonds is 5. The molecule has 2 heterocycles. The molecule has 0 radical (unpaired) electrons. The van der Waals surface area contributed by atoms with E-state index >= 15 is 0 Å². The van der Waals surface area contributed by atoms with E-state index in [1.807, 2.05) is 48.5 Å². The van der Waals surface area contributed by atoms with Gasteiger partial charge in [0.1, 0.15) is 0 Å². The highest BCUT2D eigenvalue weighted by molar-refractivity contribution is 6.22. The van der Waals surface area contributed by atoms with E-state index in [2.05, 4.69) is 10.2 Å². The fourth-order valence-electron chi connectivity index (χ4n) is 4.15. The maximum Gasteiger partial charge on any atom is 0.251 e. The zero-order chi connectivity index (χ0) is 20.2. The summed E-state index contributed by atoms with van der Waals surface area (Å²) < 4.78 is 0. The number of hydrogen-bond acceptors (Lipinski definition) is 4. The summed E-state index contributed by atoms with van der Waals surface area (Å²) in [5.74, 6) is -0.303. The van der Waals surface area contributed by atoms with Gasteiger partial charge < -0.3 is 5.32 Å². The van der Waals surface area contributed by atoms with Gasteiger partial charge in [0.05, 0.1) is 18.2 Å². The first-order chi connectivity index (χ1) is 14.1. The van der Waals surface area contributed by atoms with Crippen LogP contribution in [0.1, 0.15) is 24.8 Å². The van der Waals surface area contributed by atoms with Gasteiger partial charge in [0.2, 0.25) is 11.8 Å². The Hall–Kier alpha value is -2.99. The van der Waals surface area contributed by atoms with Crippen molar-refractivity contribution in [2.24, 2.45) is 5.92 Å².